The number of ether oxygens (including phenoxy) is 3. The van der Waals surface area contributed by atoms with Crippen molar-refractivity contribution >= 4 is 51.7 Å². The molecule has 0 radical (unpaired) electrons. The molecule has 0 bridgehead atoms. The molecular formula is C45H52FN7O10S. The van der Waals surface area contributed by atoms with Gasteiger partial charge in [-0.1, -0.05) is 24.3 Å². The number of hydrogen-bond donors (Lipinski definition) is 4. The number of amides is 5. The fourth-order valence-corrected chi connectivity index (χ4v) is 8.34. The second-order valence-corrected chi connectivity index (χ2v) is 16.4. The van der Waals surface area contributed by atoms with Gasteiger partial charge in [-0.15, -0.1) is 11.3 Å². The highest BCUT2D eigenvalue weighted by molar-refractivity contribution is 7.13. The van der Waals surface area contributed by atoms with Crippen LogP contribution in [-0.2, 0) is 39.9 Å². The normalized spacial score (nSPS) is 16.5. The van der Waals surface area contributed by atoms with Gasteiger partial charge in [-0.05, 0) is 59.5 Å². The average Bonchev–Trinajstić information content (AvgIpc) is 4.06. The second-order valence-electron chi connectivity index (χ2n) is 15.5. The zero-order valence-electron chi connectivity index (χ0n) is 35.3. The van der Waals surface area contributed by atoms with Crippen molar-refractivity contribution in [2.75, 3.05) is 95.7 Å². The van der Waals surface area contributed by atoms with E-state index in [2.05, 4.69) is 20.5 Å². The lowest BCUT2D eigenvalue weighted by molar-refractivity contribution is -0.133. The second kappa shape index (κ2) is 22.1. The Kier molecular flexibility index (Phi) is 15.9. The molecule has 0 saturated carbocycles. The molecule has 1 unspecified atom stereocenters. The Balaban J connectivity index is 0.788. The molecule has 1 aromatic heterocycles. The Labute approximate surface area is 373 Å². The molecule has 2 atom stereocenters. The van der Waals surface area contributed by atoms with Gasteiger partial charge in [-0.25, -0.2) is 9.37 Å². The zero-order chi connectivity index (χ0) is 45.0. The maximum atomic E-state index is 14.4. The number of nitrogens with zero attached hydrogens (tertiary/aromatic N) is 5. The molecule has 4 heterocycles. The minimum atomic E-state index is -1.32. The lowest BCUT2D eigenvalue weighted by Crippen LogP contribution is -2.49. The standard InChI is InChI=1S/C45H52FN7O10S/c46-33-5-8-38(55)37(26-33)42(43(59)49-45-47-12-24-64-45)53-28-32-2-1-31(25-36(32)44(53)60)30-3-6-34(7-4-30)50-14-16-51(17-15-50)40(57)11-19-62-21-23-63-22-20-61-18-10-39(56)48-27-41(58)52-13-9-35(54)29-52/h1-8,12,24-26,35,42,54-55H,9-11,13-23,27-29H2,(H,48,56)(H,47,49,59)/t35-,42?/m1/s1. The molecular weight excluding hydrogens is 850 g/mol. The van der Waals surface area contributed by atoms with E-state index in [-0.39, 0.29) is 68.2 Å². The van der Waals surface area contributed by atoms with Gasteiger partial charge in [-0.2, -0.15) is 0 Å². The molecule has 3 aliphatic heterocycles. The quantitative estimate of drug-likeness (QED) is 0.0946. The van der Waals surface area contributed by atoms with Gasteiger partial charge in [0.15, 0.2) is 5.13 Å². The van der Waals surface area contributed by atoms with Crippen molar-refractivity contribution in [3.8, 4) is 16.9 Å². The van der Waals surface area contributed by atoms with E-state index in [1.54, 1.807) is 11.4 Å². The first-order valence-corrected chi connectivity index (χ1v) is 22.1. The molecule has 2 fully saturated rings. The number of aromatic hydroxyl groups is 1. The number of thiazole rings is 1. The van der Waals surface area contributed by atoms with Crippen molar-refractivity contribution in [3.63, 3.8) is 0 Å². The molecule has 2 saturated heterocycles. The number of fused-ring (bicyclic) bond motifs is 1. The number of hydrogen-bond acceptors (Lipinski definition) is 13. The van der Waals surface area contributed by atoms with Crippen molar-refractivity contribution in [2.45, 2.75) is 38.0 Å². The third-order valence-electron chi connectivity index (χ3n) is 11.3. The molecule has 19 heteroatoms. The molecule has 7 rings (SSSR count). The number of nitrogens with one attached hydrogen (secondary N) is 2. The molecule has 17 nitrogen and oxygen atoms in total. The molecule has 3 aromatic carbocycles. The summed E-state index contributed by atoms with van der Waals surface area (Å²) in [7, 11) is 0. The molecule has 5 amide bonds. The largest absolute Gasteiger partial charge is 0.508 e. The number of aromatic nitrogens is 1. The van der Waals surface area contributed by atoms with Crippen LogP contribution in [0.5, 0.6) is 5.75 Å². The van der Waals surface area contributed by atoms with Gasteiger partial charge in [0.1, 0.15) is 17.6 Å². The number of rotatable bonds is 20. The smallest absolute Gasteiger partial charge is 0.255 e. The maximum Gasteiger partial charge on any atom is 0.255 e. The van der Waals surface area contributed by atoms with Crippen molar-refractivity contribution in [2.24, 2.45) is 0 Å². The topological polar surface area (TPSA) is 203 Å². The highest BCUT2D eigenvalue weighted by Crippen LogP contribution is 2.38. The van der Waals surface area contributed by atoms with Crippen LogP contribution in [0.3, 0.4) is 0 Å². The number of phenolic OH excluding ortho intramolecular Hbond substituents is 1. The minimum Gasteiger partial charge on any atom is -0.508 e. The van der Waals surface area contributed by atoms with E-state index in [0.717, 1.165) is 35.0 Å². The summed E-state index contributed by atoms with van der Waals surface area (Å²) in [4.78, 5) is 75.4. The number of likely N-dealkylation sites (tertiary alicyclic amines) is 1. The predicted molar refractivity (Wildman–Crippen MR) is 234 cm³/mol. The number of piperazine rings is 1. The number of β-amino-alcohol motifs (C(OH)–C–C–N with tert-alkyl or cyclic N) is 1. The number of halogens is 1. The van der Waals surface area contributed by atoms with Gasteiger partial charge < -0.3 is 49.3 Å². The van der Waals surface area contributed by atoms with Gasteiger partial charge in [-0.3, -0.25) is 29.3 Å². The fraction of sp³-hybridized carbons (Fsp3) is 0.422. The lowest BCUT2D eigenvalue weighted by atomic mass is 10.00. The number of carbonyl (C=O) groups is 5. The summed E-state index contributed by atoms with van der Waals surface area (Å²) in [5, 5.41) is 27.5. The summed E-state index contributed by atoms with van der Waals surface area (Å²) in [6.45, 7) is 5.04. The molecule has 64 heavy (non-hydrogen) atoms. The zero-order valence-corrected chi connectivity index (χ0v) is 36.1. The van der Waals surface area contributed by atoms with Gasteiger partial charge in [0.25, 0.3) is 11.8 Å². The van der Waals surface area contributed by atoms with Crippen LogP contribution in [0.15, 0.2) is 72.2 Å². The number of aliphatic hydroxyl groups excluding tert-OH is 1. The Hall–Kier alpha value is -5.99. The van der Waals surface area contributed by atoms with Gasteiger partial charge in [0, 0.05) is 80.6 Å². The monoisotopic (exact) mass is 901 g/mol. The Bertz CT molecular complexity index is 2260. The molecule has 4 aromatic rings. The first-order chi connectivity index (χ1) is 31.0. The van der Waals surface area contributed by atoms with Crippen molar-refractivity contribution in [1.82, 2.24) is 25.0 Å². The third-order valence-corrected chi connectivity index (χ3v) is 12.0. The van der Waals surface area contributed by atoms with Crippen LogP contribution in [0.4, 0.5) is 15.2 Å². The summed E-state index contributed by atoms with van der Waals surface area (Å²) in [5.74, 6) is -2.49. The van der Waals surface area contributed by atoms with Gasteiger partial charge in [0.2, 0.25) is 17.7 Å². The molecule has 0 aliphatic carbocycles. The number of carbonyl (C=O) groups excluding carboxylic acids is 5. The van der Waals surface area contributed by atoms with Crippen LogP contribution in [-0.4, -0.2) is 151 Å². The van der Waals surface area contributed by atoms with E-state index >= 15 is 0 Å². The van der Waals surface area contributed by atoms with E-state index in [9.17, 15) is 38.6 Å². The molecule has 340 valence electrons. The van der Waals surface area contributed by atoms with Crippen molar-refractivity contribution in [1.29, 1.82) is 0 Å². The van der Waals surface area contributed by atoms with Crippen molar-refractivity contribution in [3.05, 3.63) is 94.7 Å². The van der Waals surface area contributed by atoms with Crippen molar-refractivity contribution < 1.29 is 52.8 Å². The summed E-state index contributed by atoms with van der Waals surface area (Å²) < 4.78 is 30.9. The van der Waals surface area contributed by atoms with E-state index in [0.29, 0.717) is 88.4 Å². The summed E-state index contributed by atoms with van der Waals surface area (Å²) in [6.07, 6.45) is 1.97. The highest BCUT2D eigenvalue weighted by Gasteiger charge is 2.39. The molecule has 3 aliphatic rings. The SMILES string of the molecule is O=C(CCOCCOCCOCCC(=O)N1CCN(c2ccc(-c3ccc4c(c3)C(=O)N(C(C(=O)Nc3nccs3)c3cc(F)ccc3O)C4)cc2)CC1)NCC(=O)N1CC[C@@H](O)C1. The summed E-state index contributed by atoms with van der Waals surface area (Å²) >= 11 is 1.20. The Morgan fingerprint density at radius 3 is 2.22 bits per heavy atom. The van der Waals surface area contributed by atoms with E-state index in [1.807, 2.05) is 41.3 Å². The average molecular weight is 902 g/mol. The van der Waals surface area contributed by atoms with Crippen LogP contribution >= 0.6 is 11.3 Å². The van der Waals surface area contributed by atoms with Crippen LogP contribution in [0.25, 0.3) is 11.1 Å². The van der Waals surface area contributed by atoms with Gasteiger partial charge in [0.05, 0.1) is 58.7 Å². The van der Waals surface area contributed by atoms with Crippen LogP contribution in [0.2, 0.25) is 0 Å². The molecule has 0 spiro atoms. The highest BCUT2D eigenvalue weighted by atomic mass is 32.1. The number of aliphatic hydroxyl groups is 1. The fourth-order valence-electron chi connectivity index (χ4n) is 7.81. The summed E-state index contributed by atoms with van der Waals surface area (Å²) in [6, 6.07) is 15.5. The van der Waals surface area contributed by atoms with E-state index in [1.165, 1.54) is 27.3 Å². The maximum absolute atomic E-state index is 14.4. The lowest BCUT2D eigenvalue weighted by Gasteiger charge is -2.36. The Morgan fingerprint density at radius 2 is 1.53 bits per heavy atom. The first-order valence-electron chi connectivity index (χ1n) is 21.3. The van der Waals surface area contributed by atoms with E-state index in [4.69, 9.17) is 14.2 Å². The molecule has 4 N–H and O–H groups in total. The summed E-state index contributed by atoms with van der Waals surface area (Å²) in [5.41, 5.74) is 3.77. The minimum absolute atomic E-state index is 0.0245. The van der Waals surface area contributed by atoms with Crippen LogP contribution in [0.1, 0.15) is 46.8 Å². The number of benzene rings is 3. The number of anilines is 2. The Morgan fingerprint density at radius 1 is 0.828 bits per heavy atom. The van der Waals surface area contributed by atoms with Crippen LogP contribution < -0.4 is 15.5 Å². The number of phenols is 1. The predicted octanol–water partition coefficient (Wildman–Crippen LogP) is 3.18. The van der Waals surface area contributed by atoms with E-state index < -0.39 is 29.8 Å². The van der Waals surface area contributed by atoms with Gasteiger partial charge >= 0.3 is 0 Å². The first kappa shape index (κ1) is 46.0. The van der Waals surface area contributed by atoms with Crippen LogP contribution in [0, 0.1) is 5.82 Å². The third kappa shape index (κ3) is 12.0.